The van der Waals surface area contributed by atoms with Gasteiger partial charge in [0.1, 0.15) is 5.82 Å². The van der Waals surface area contributed by atoms with Crippen molar-refractivity contribution in [3.8, 4) is 0 Å². The topological polar surface area (TPSA) is 12.0 Å². The molecule has 0 fully saturated rings. The summed E-state index contributed by atoms with van der Waals surface area (Å²) in [5.74, 6) is -0.177. The summed E-state index contributed by atoms with van der Waals surface area (Å²) in [5.41, 5.74) is 4.02. The smallest absolute Gasteiger partial charge is 0.123 e. The summed E-state index contributed by atoms with van der Waals surface area (Å²) in [6.45, 7) is 2.14. The Bertz CT molecular complexity index is 576. The number of rotatable bonds is 3. The van der Waals surface area contributed by atoms with Crippen LogP contribution < -0.4 is 5.32 Å². The van der Waals surface area contributed by atoms with Crippen LogP contribution in [-0.4, -0.2) is 0 Å². The van der Waals surface area contributed by atoms with Crippen molar-refractivity contribution in [2.45, 2.75) is 38.3 Å². The lowest BCUT2D eigenvalue weighted by Crippen LogP contribution is -2.27. The van der Waals surface area contributed by atoms with E-state index < -0.39 is 0 Å². The standard InChI is InChI=1S/C18H20FN/c1-13(14-9-11-16(19)12-10-14)20-18-8-4-6-15-5-2-3-7-17(15)18/h2-3,5,7,9-13,18,20H,4,6,8H2,1H3. The first-order valence-electron chi connectivity index (χ1n) is 7.33. The third-order valence-electron chi connectivity index (χ3n) is 4.19. The lowest BCUT2D eigenvalue weighted by molar-refractivity contribution is 0.415. The summed E-state index contributed by atoms with van der Waals surface area (Å²) in [5, 5.41) is 3.69. The molecule has 1 N–H and O–H groups in total. The van der Waals surface area contributed by atoms with E-state index in [9.17, 15) is 4.39 Å². The van der Waals surface area contributed by atoms with E-state index in [0.29, 0.717) is 6.04 Å². The van der Waals surface area contributed by atoms with Crippen molar-refractivity contribution >= 4 is 0 Å². The van der Waals surface area contributed by atoms with Crippen LogP contribution in [0.1, 0.15) is 48.5 Å². The van der Waals surface area contributed by atoms with E-state index in [1.807, 2.05) is 12.1 Å². The zero-order valence-corrected chi connectivity index (χ0v) is 11.8. The first kappa shape index (κ1) is 13.3. The zero-order chi connectivity index (χ0) is 13.9. The van der Waals surface area contributed by atoms with Gasteiger partial charge in [-0.25, -0.2) is 4.39 Å². The number of halogens is 1. The van der Waals surface area contributed by atoms with Crippen molar-refractivity contribution in [3.63, 3.8) is 0 Å². The Labute approximate surface area is 119 Å². The van der Waals surface area contributed by atoms with E-state index in [2.05, 4.69) is 36.5 Å². The molecule has 0 amide bonds. The van der Waals surface area contributed by atoms with E-state index in [-0.39, 0.29) is 11.9 Å². The van der Waals surface area contributed by atoms with Crippen LogP contribution in [0.25, 0.3) is 0 Å². The Morgan fingerprint density at radius 1 is 1.10 bits per heavy atom. The average Bonchev–Trinajstić information content (AvgIpc) is 2.48. The zero-order valence-electron chi connectivity index (χ0n) is 11.8. The highest BCUT2D eigenvalue weighted by Crippen LogP contribution is 2.31. The number of aryl methyl sites for hydroxylation is 1. The number of fused-ring (bicyclic) bond motifs is 1. The molecule has 0 aliphatic heterocycles. The highest BCUT2D eigenvalue weighted by atomic mass is 19.1. The van der Waals surface area contributed by atoms with Crippen LogP contribution in [0.15, 0.2) is 48.5 Å². The lowest BCUT2D eigenvalue weighted by atomic mass is 9.87. The van der Waals surface area contributed by atoms with Gasteiger partial charge in [0.05, 0.1) is 0 Å². The monoisotopic (exact) mass is 269 g/mol. The largest absolute Gasteiger partial charge is 0.303 e. The summed E-state index contributed by atoms with van der Waals surface area (Å²) in [7, 11) is 0. The predicted molar refractivity (Wildman–Crippen MR) is 80.1 cm³/mol. The van der Waals surface area contributed by atoms with E-state index in [0.717, 1.165) is 5.56 Å². The molecular formula is C18H20FN. The van der Waals surface area contributed by atoms with Crippen molar-refractivity contribution in [3.05, 3.63) is 71.0 Å². The molecule has 2 unspecified atom stereocenters. The minimum Gasteiger partial charge on any atom is -0.303 e. The van der Waals surface area contributed by atoms with Crippen LogP contribution in [0.4, 0.5) is 4.39 Å². The molecule has 0 bridgehead atoms. The molecule has 3 rings (SSSR count). The summed E-state index contributed by atoms with van der Waals surface area (Å²) in [4.78, 5) is 0. The molecule has 1 aliphatic carbocycles. The van der Waals surface area contributed by atoms with E-state index in [4.69, 9.17) is 0 Å². The summed E-state index contributed by atoms with van der Waals surface area (Å²) >= 11 is 0. The maximum atomic E-state index is 13.0. The molecule has 0 heterocycles. The molecule has 0 aromatic heterocycles. The van der Waals surface area contributed by atoms with Crippen molar-refractivity contribution < 1.29 is 4.39 Å². The van der Waals surface area contributed by atoms with Gasteiger partial charge in [0.15, 0.2) is 0 Å². The van der Waals surface area contributed by atoms with E-state index in [1.165, 1.54) is 42.5 Å². The summed E-state index contributed by atoms with van der Waals surface area (Å²) < 4.78 is 13.0. The van der Waals surface area contributed by atoms with Crippen LogP contribution in [0.2, 0.25) is 0 Å². The maximum absolute atomic E-state index is 13.0. The van der Waals surface area contributed by atoms with Crippen molar-refractivity contribution in [1.29, 1.82) is 0 Å². The SMILES string of the molecule is CC(NC1CCCc2ccccc21)c1ccc(F)cc1. The Morgan fingerprint density at radius 3 is 2.65 bits per heavy atom. The van der Waals surface area contributed by atoms with Gasteiger partial charge in [0.25, 0.3) is 0 Å². The van der Waals surface area contributed by atoms with Gasteiger partial charge in [-0.3, -0.25) is 0 Å². The van der Waals surface area contributed by atoms with Gasteiger partial charge in [0, 0.05) is 12.1 Å². The molecule has 104 valence electrons. The van der Waals surface area contributed by atoms with Gasteiger partial charge >= 0.3 is 0 Å². The fraction of sp³-hybridized carbons (Fsp3) is 0.333. The fourth-order valence-electron chi connectivity index (χ4n) is 3.08. The number of hydrogen-bond acceptors (Lipinski definition) is 1. The van der Waals surface area contributed by atoms with Gasteiger partial charge in [0.2, 0.25) is 0 Å². The molecule has 2 aromatic rings. The maximum Gasteiger partial charge on any atom is 0.123 e. The van der Waals surface area contributed by atoms with Gasteiger partial charge in [-0.2, -0.15) is 0 Å². The molecule has 2 heteroatoms. The average molecular weight is 269 g/mol. The normalized spacial score (nSPS) is 19.4. The Morgan fingerprint density at radius 2 is 1.85 bits per heavy atom. The molecule has 2 aromatic carbocycles. The van der Waals surface area contributed by atoms with Gasteiger partial charge in [-0.1, -0.05) is 36.4 Å². The van der Waals surface area contributed by atoms with Crippen molar-refractivity contribution in [1.82, 2.24) is 5.32 Å². The van der Waals surface area contributed by atoms with E-state index in [1.54, 1.807) is 0 Å². The Balaban J connectivity index is 1.77. The minimum atomic E-state index is -0.177. The molecule has 0 radical (unpaired) electrons. The van der Waals surface area contributed by atoms with Crippen molar-refractivity contribution in [2.75, 3.05) is 0 Å². The van der Waals surface area contributed by atoms with Gasteiger partial charge in [-0.15, -0.1) is 0 Å². The molecule has 20 heavy (non-hydrogen) atoms. The van der Waals surface area contributed by atoms with Crippen molar-refractivity contribution in [2.24, 2.45) is 0 Å². The fourth-order valence-corrected chi connectivity index (χ4v) is 3.08. The van der Waals surface area contributed by atoms with E-state index >= 15 is 0 Å². The van der Waals surface area contributed by atoms with Crippen LogP contribution in [0.3, 0.4) is 0 Å². The molecule has 0 saturated carbocycles. The molecule has 1 aliphatic rings. The highest BCUT2D eigenvalue weighted by Gasteiger charge is 2.21. The van der Waals surface area contributed by atoms with Crippen LogP contribution in [0, 0.1) is 5.82 Å². The molecule has 2 atom stereocenters. The quantitative estimate of drug-likeness (QED) is 0.861. The third kappa shape index (κ3) is 2.75. The summed E-state index contributed by atoms with van der Waals surface area (Å²) in [6.07, 6.45) is 3.58. The first-order chi connectivity index (χ1) is 9.74. The molecular weight excluding hydrogens is 249 g/mol. The molecule has 0 spiro atoms. The second kappa shape index (κ2) is 5.76. The predicted octanol–water partition coefficient (Wildman–Crippen LogP) is 4.55. The third-order valence-corrected chi connectivity index (χ3v) is 4.19. The van der Waals surface area contributed by atoms with Gasteiger partial charge < -0.3 is 5.32 Å². The lowest BCUT2D eigenvalue weighted by Gasteiger charge is -2.29. The highest BCUT2D eigenvalue weighted by molar-refractivity contribution is 5.32. The Kier molecular flexibility index (Phi) is 3.83. The number of nitrogens with one attached hydrogen (secondary N) is 1. The second-order valence-electron chi connectivity index (χ2n) is 5.58. The Hall–Kier alpha value is -1.67. The van der Waals surface area contributed by atoms with Crippen LogP contribution >= 0.6 is 0 Å². The number of hydrogen-bond donors (Lipinski definition) is 1. The number of benzene rings is 2. The molecule has 0 saturated heterocycles. The summed E-state index contributed by atoms with van der Waals surface area (Å²) in [6, 6.07) is 16.1. The van der Waals surface area contributed by atoms with Gasteiger partial charge in [-0.05, 0) is 55.0 Å². The van der Waals surface area contributed by atoms with Crippen LogP contribution in [-0.2, 0) is 6.42 Å². The van der Waals surface area contributed by atoms with Crippen LogP contribution in [0.5, 0.6) is 0 Å². The first-order valence-corrected chi connectivity index (χ1v) is 7.33. The minimum absolute atomic E-state index is 0.177. The second-order valence-corrected chi connectivity index (χ2v) is 5.58. The molecule has 1 nitrogen and oxygen atoms in total.